The largest absolute Gasteiger partial charge is 0.325 e. The van der Waals surface area contributed by atoms with E-state index in [0.717, 1.165) is 34.5 Å². The van der Waals surface area contributed by atoms with Crippen molar-refractivity contribution < 1.29 is 4.79 Å². The van der Waals surface area contributed by atoms with Crippen molar-refractivity contribution in [1.82, 2.24) is 9.55 Å². The first-order valence-corrected chi connectivity index (χ1v) is 12.5. The van der Waals surface area contributed by atoms with E-state index in [2.05, 4.69) is 26.1 Å². The predicted octanol–water partition coefficient (Wildman–Crippen LogP) is 6.11. The van der Waals surface area contributed by atoms with E-state index in [9.17, 15) is 9.59 Å². The molecule has 0 bridgehead atoms. The number of carbonyl (C=O) groups is 1. The highest BCUT2D eigenvalue weighted by Gasteiger charge is 2.18. The van der Waals surface area contributed by atoms with Crippen LogP contribution in [-0.2, 0) is 11.2 Å². The van der Waals surface area contributed by atoms with Gasteiger partial charge in [-0.1, -0.05) is 81.1 Å². The molecular formula is C28H29N3O2S. The van der Waals surface area contributed by atoms with Crippen LogP contribution in [0.2, 0.25) is 0 Å². The molecule has 3 aromatic carbocycles. The number of carbonyl (C=O) groups excluding carboxylic acids is 1. The summed E-state index contributed by atoms with van der Waals surface area (Å²) in [6, 6.07) is 21.2. The summed E-state index contributed by atoms with van der Waals surface area (Å²) in [7, 11) is 0. The molecule has 5 nitrogen and oxygen atoms in total. The van der Waals surface area contributed by atoms with Crippen LogP contribution < -0.4 is 10.9 Å². The van der Waals surface area contributed by atoms with Gasteiger partial charge in [0.15, 0.2) is 5.16 Å². The molecule has 4 rings (SSSR count). The van der Waals surface area contributed by atoms with Gasteiger partial charge in [-0.3, -0.25) is 14.2 Å². The number of aryl methyl sites for hydroxylation is 2. The van der Waals surface area contributed by atoms with E-state index < -0.39 is 0 Å². The second kappa shape index (κ2) is 10.3. The van der Waals surface area contributed by atoms with E-state index in [1.807, 2.05) is 67.6 Å². The SMILES string of the molecule is CCc1cccc(C)c1NC(=O)CSc1nc2ccccc2c(=O)n1-c1ccccc1C(C)C. The van der Waals surface area contributed by atoms with Crippen LogP contribution in [0.3, 0.4) is 0 Å². The Morgan fingerprint density at radius 3 is 2.53 bits per heavy atom. The first kappa shape index (κ1) is 23.8. The number of nitrogens with zero attached hydrogens (tertiary/aromatic N) is 2. The fourth-order valence-electron chi connectivity index (χ4n) is 4.11. The van der Waals surface area contributed by atoms with Gasteiger partial charge in [0.2, 0.25) is 5.91 Å². The van der Waals surface area contributed by atoms with Crippen molar-refractivity contribution in [1.29, 1.82) is 0 Å². The lowest BCUT2D eigenvalue weighted by atomic mass is 10.0. The van der Waals surface area contributed by atoms with Crippen LogP contribution >= 0.6 is 11.8 Å². The molecule has 0 fully saturated rings. The molecule has 1 aromatic heterocycles. The molecule has 0 saturated heterocycles. The molecule has 34 heavy (non-hydrogen) atoms. The van der Waals surface area contributed by atoms with E-state index >= 15 is 0 Å². The minimum atomic E-state index is -0.131. The number of para-hydroxylation sites is 3. The molecule has 0 atom stereocenters. The minimum absolute atomic E-state index is 0.125. The first-order chi connectivity index (χ1) is 16.4. The van der Waals surface area contributed by atoms with Crippen LogP contribution in [0.5, 0.6) is 0 Å². The molecule has 4 aromatic rings. The van der Waals surface area contributed by atoms with Crippen LogP contribution in [0.15, 0.2) is 76.7 Å². The Kier molecular flexibility index (Phi) is 7.17. The smallest absolute Gasteiger partial charge is 0.266 e. The highest BCUT2D eigenvalue weighted by Crippen LogP contribution is 2.28. The van der Waals surface area contributed by atoms with Crippen molar-refractivity contribution in [2.45, 2.75) is 45.2 Å². The number of nitrogens with one attached hydrogen (secondary N) is 1. The molecule has 0 aliphatic carbocycles. The average molecular weight is 472 g/mol. The molecular weight excluding hydrogens is 442 g/mol. The Morgan fingerprint density at radius 1 is 1.03 bits per heavy atom. The van der Waals surface area contributed by atoms with Gasteiger partial charge in [0.1, 0.15) is 0 Å². The van der Waals surface area contributed by atoms with Crippen LogP contribution in [0.4, 0.5) is 5.69 Å². The zero-order chi connectivity index (χ0) is 24.2. The predicted molar refractivity (Wildman–Crippen MR) is 141 cm³/mol. The minimum Gasteiger partial charge on any atom is -0.325 e. The Morgan fingerprint density at radius 2 is 1.76 bits per heavy atom. The second-order valence-electron chi connectivity index (χ2n) is 8.57. The second-order valence-corrected chi connectivity index (χ2v) is 9.51. The third-order valence-electron chi connectivity index (χ3n) is 5.88. The van der Waals surface area contributed by atoms with Gasteiger partial charge in [-0.2, -0.15) is 0 Å². The summed E-state index contributed by atoms with van der Waals surface area (Å²) < 4.78 is 1.65. The Hall–Kier alpha value is -3.38. The molecule has 174 valence electrons. The molecule has 1 N–H and O–H groups in total. The summed E-state index contributed by atoms with van der Waals surface area (Å²) in [6.45, 7) is 8.27. The topological polar surface area (TPSA) is 64.0 Å². The highest BCUT2D eigenvalue weighted by atomic mass is 32.2. The summed E-state index contributed by atoms with van der Waals surface area (Å²) in [6.07, 6.45) is 0.836. The van der Waals surface area contributed by atoms with Crippen molar-refractivity contribution in [3.05, 3.63) is 93.8 Å². The van der Waals surface area contributed by atoms with Gasteiger partial charge in [-0.05, 0) is 54.2 Å². The highest BCUT2D eigenvalue weighted by molar-refractivity contribution is 7.99. The molecule has 0 radical (unpaired) electrons. The fraction of sp³-hybridized carbons (Fsp3) is 0.250. The summed E-state index contributed by atoms with van der Waals surface area (Å²) >= 11 is 1.28. The zero-order valence-electron chi connectivity index (χ0n) is 20.0. The maximum absolute atomic E-state index is 13.6. The molecule has 1 amide bonds. The van der Waals surface area contributed by atoms with Gasteiger partial charge in [0.25, 0.3) is 5.56 Å². The molecule has 0 saturated carbocycles. The molecule has 6 heteroatoms. The number of benzene rings is 3. The molecule has 0 aliphatic heterocycles. The number of amides is 1. The summed E-state index contributed by atoms with van der Waals surface area (Å²) in [5, 5.41) is 4.13. The van der Waals surface area contributed by atoms with Gasteiger partial charge < -0.3 is 5.32 Å². The molecule has 1 heterocycles. The maximum Gasteiger partial charge on any atom is 0.266 e. The van der Waals surface area contributed by atoms with E-state index in [1.54, 1.807) is 10.6 Å². The number of rotatable bonds is 7. The molecule has 0 unspecified atom stereocenters. The van der Waals surface area contributed by atoms with Gasteiger partial charge in [-0.25, -0.2) is 4.98 Å². The quantitative estimate of drug-likeness (QED) is 0.261. The van der Waals surface area contributed by atoms with Gasteiger partial charge in [-0.15, -0.1) is 0 Å². The van der Waals surface area contributed by atoms with Crippen LogP contribution in [0.1, 0.15) is 43.4 Å². The van der Waals surface area contributed by atoms with Gasteiger partial charge in [0.05, 0.1) is 22.3 Å². The summed E-state index contributed by atoms with van der Waals surface area (Å²) in [5.74, 6) is 0.246. The number of fused-ring (bicyclic) bond motifs is 1. The summed E-state index contributed by atoms with van der Waals surface area (Å²) in [5.41, 5.74) is 5.35. The average Bonchev–Trinajstić information content (AvgIpc) is 2.84. The van der Waals surface area contributed by atoms with Crippen molar-refractivity contribution in [2.24, 2.45) is 0 Å². The van der Waals surface area contributed by atoms with Crippen LogP contribution in [0.25, 0.3) is 16.6 Å². The normalized spacial score (nSPS) is 11.2. The Balaban J connectivity index is 1.73. The summed E-state index contributed by atoms with van der Waals surface area (Å²) in [4.78, 5) is 31.3. The van der Waals surface area contributed by atoms with E-state index in [1.165, 1.54) is 11.8 Å². The van der Waals surface area contributed by atoms with Gasteiger partial charge in [0, 0.05) is 5.69 Å². The number of anilines is 1. The fourth-order valence-corrected chi connectivity index (χ4v) is 4.91. The van der Waals surface area contributed by atoms with Crippen LogP contribution in [-0.4, -0.2) is 21.2 Å². The van der Waals surface area contributed by atoms with E-state index in [4.69, 9.17) is 4.98 Å². The number of thioether (sulfide) groups is 1. The van der Waals surface area contributed by atoms with Crippen molar-refractivity contribution in [3.63, 3.8) is 0 Å². The lowest BCUT2D eigenvalue weighted by Gasteiger charge is -2.18. The van der Waals surface area contributed by atoms with Gasteiger partial charge >= 0.3 is 0 Å². The number of hydrogen-bond acceptors (Lipinski definition) is 4. The standard InChI is InChI=1S/C28H29N3O2S/c1-5-20-12-10-11-19(4)26(20)30-25(32)17-34-28-29-23-15-8-6-14-22(23)27(33)31(28)24-16-9-7-13-21(24)18(2)3/h6-16,18H,5,17H2,1-4H3,(H,30,32). The first-order valence-electron chi connectivity index (χ1n) is 11.5. The maximum atomic E-state index is 13.6. The lowest BCUT2D eigenvalue weighted by molar-refractivity contribution is -0.113. The van der Waals surface area contributed by atoms with Crippen molar-refractivity contribution >= 4 is 34.3 Å². The van der Waals surface area contributed by atoms with Crippen molar-refractivity contribution in [3.8, 4) is 5.69 Å². The number of aromatic nitrogens is 2. The molecule has 0 aliphatic rings. The monoisotopic (exact) mass is 471 g/mol. The molecule has 0 spiro atoms. The lowest BCUT2D eigenvalue weighted by Crippen LogP contribution is -2.24. The third-order valence-corrected chi connectivity index (χ3v) is 6.82. The Bertz CT molecular complexity index is 1410. The zero-order valence-corrected chi connectivity index (χ0v) is 20.8. The van der Waals surface area contributed by atoms with E-state index in [0.29, 0.717) is 16.1 Å². The number of hydrogen-bond donors (Lipinski definition) is 1. The van der Waals surface area contributed by atoms with E-state index in [-0.39, 0.29) is 23.1 Å². The van der Waals surface area contributed by atoms with Crippen LogP contribution in [0, 0.1) is 6.92 Å². The third kappa shape index (κ3) is 4.77. The Labute approximate surface area is 204 Å². The van der Waals surface area contributed by atoms with Crippen molar-refractivity contribution in [2.75, 3.05) is 11.1 Å².